The van der Waals surface area contributed by atoms with E-state index in [1.165, 1.54) is 18.2 Å². The lowest BCUT2D eigenvalue weighted by Crippen LogP contribution is -2.43. The van der Waals surface area contributed by atoms with E-state index < -0.39 is 10.0 Å². The van der Waals surface area contributed by atoms with Gasteiger partial charge in [0.2, 0.25) is 10.0 Å². The number of nitrogens with one attached hydrogen (secondary N) is 2. The Bertz CT molecular complexity index is 925. The molecule has 2 aromatic carbocycles. The molecule has 2 N–H and O–H groups in total. The molecule has 0 aliphatic carbocycles. The number of hydrogen-bond acceptors (Lipinski definition) is 3. The molecule has 0 aromatic heterocycles. The minimum absolute atomic E-state index is 0.0189. The summed E-state index contributed by atoms with van der Waals surface area (Å²) in [6, 6.07) is 16.1. The number of hydrogen-bond donors (Lipinski definition) is 2. The van der Waals surface area contributed by atoms with Crippen molar-refractivity contribution < 1.29 is 8.42 Å². The van der Waals surface area contributed by atoms with Gasteiger partial charge in [0.1, 0.15) is 0 Å². The Morgan fingerprint density at radius 1 is 1.11 bits per heavy atom. The van der Waals surface area contributed by atoms with Crippen LogP contribution in [0.5, 0.6) is 0 Å². The van der Waals surface area contributed by atoms with Gasteiger partial charge >= 0.3 is 0 Å². The minimum atomic E-state index is -3.27. The van der Waals surface area contributed by atoms with Crippen molar-refractivity contribution in [2.24, 2.45) is 4.99 Å². The molecule has 144 valence electrons. The lowest BCUT2D eigenvalue weighted by atomic mass is 10.0. The number of aliphatic imine (C=N–C) groups is 1. The molecule has 0 atom stereocenters. The maximum atomic E-state index is 11.7. The Labute approximate surface area is 161 Å². The SMILES string of the molecule is CN=C(NCc1cccc(CS(=O)(=O)NC)c1)N1CCc2ccccc2C1. The summed E-state index contributed by atoms with van der Waals surface area (Å²) >= 11 is 0. The fourth-order valence-corrected chi connectivity index (χ4v) is 4.07. The average molecular weight is 387 g/mol. The molecule has 1 aliphatic heterocycles. The van der Waals surface area contributed by atoms with E-state index in [9.17, 15) is 8.42 Å². The molecular weight excluding hydrogens is 360 g/mol. The smallest absolute Gasteiger partial charge is 0.215 e. The predicted molar refractivity (Wildman–Crippen MR) is 109 cm³/mol. The van der Waals surface area contributed by atoms with Crippen LogP contribution in [-0.2, 0) is 35.3 Å². The van der Waals surface area contributed by atoms with Crippen LogP contribution in [0.4, 0.5) is 0 Å². The summed E-state index contributed by atoms with van der Waals surface area (Å²) in [5.41, 5.74) is 4.54. The van der Waals surface area contributed by atoms with Crippen molar-refractivity contribution in [3.05, 3.63) is 70.8 Å². The van der Waals surface area contributed by atoms with Crippen LogP contribution in [-0.4, -0.2) is 39.9 Å². The van der Waals surface area contributed by atoms with Crippen LogP contribution in [0.1, 0.15) is 22.3 Å². The summed E-state index contributed by atoms with van der Waals surface area (Å²) < 4.78 is 25.8. The van der Waals surface area contributed by atoms with Crippen LogP contribution in [0.15, 0.2) is 53.5 Å². The van der Waals surface area contributed by atoms with Gasteiger partial charge in [-0.3, -0.25) is 4.99 Å². The van der Waals surface area contributed by atoms with Crippen LogP contribution in [0.25, 0.3) is 0 Å². The van der Waals surface area contributed by atoms with Gasteiger partial charge in [0.05, 0.1) is 5.75 Å². The van der Waals surface area contributed by atoms with Crippen molar-refractivity contribution in [3.63, 3.8) is 0 Å². The molecule has 0 radical (unpaired) electrons. The van der Waals surface area contributed by atoms with Crippen molar-refractivity contribution in [3.8, 4) is 0 Å². The summed E-state index contributed by atoms with van der Waals surface area (Å²) in [5, 5.41) is 3.40. The Morgan fingerprint density at radius 2 is 1.85 bits per heavy atom. The van der Waals surface area contributed by atoms with Gasteiger partial charge in [-0.15, -0.1) is 0 Å². The van der Waals surface area contributed by atoms with E-state index in [0.29, 0.717) is 6.54 Å². The Hall–Kier alpha value is -2.38. The highest BCUT2D eigenvalue weighted by Crippen LogP contribution is 2.18. The maximum Gasteiger partial charge on any atom is 0.215 e. The number of rotatable bonds is 5. The monoisotopic (exact) mass is 386 g/mol. The van der Waals surface area contributed by atoms with Gasteiger partial charge in [0, 0.05) is 26.7 Å². The van der Waals surface area contributed by atoms with E-state index in [4.69, 9.17) is 0 Å². The van der Waals surface area contributed by atoms with Crippen molar-refractivity contribution in [1.82, 2.24) is 14.9 Å². The summed E-state index contributed by atoms with van der Waals surface area (Å²) in [6.45, 7) is 2.37. The standard InChI is InChI=1S/C20H26N4O2S/c1-21-20(24-11-10-18-8-3-4-9-19(18)14-24)23-13-16-6-5-7-17(12-16)15-27(25,26)22-2/h3-9,12,22H,10-11,13-15H2,1-2H3,(H,21,23). The minimum Gasteiger partial charge on any atom is -0.352 e. The molecular formula is C20H26N4O2S. The molecule has 0 amide bonds. The van der Waals surface area contributed by atoms with Crippen molar-refractivity contribution in [2.75, 3.05) is 20.6 Å². The molecule has 0 fully saturated rings. The van der Waals surface area contributed by atoms with E-state index in [2.05, 4.69) is 44.2 Å². The maximum absolute atomic E-state index is 11.7. The Kier molecular flexibility index (Phi) is 6.13. The number of guanidine groups is 1. The fourth-order valence-electron chi connectivity index (χ4n) is 3.31. The summed E-state index contributed by atoms with van der Waals surface area (Å²) in [4.78, 5) is 6.67. The molecule has 0 bridgehead atoms. The molecule has 27 heavy (non-hydrogen) atoms. The van der Waals surface area contributed by atoms with Crippen molar-refractivity contribution in [1.29, 1.82) is 0 Å². The third-order valence-electron chi connectivity index (χ3n) is 4.75. The number of sulfonamides is 1. The van der Waals surface area contributed by atoms with Gasteiger partial charge in [-0.05, 0) is 35.7 Å². The van der Waals surface area contributed by atoms with E-state index in [0.717, 1.165) is 36.6 Å². The predicted octanol–water partition coefficient (Wildman–Crippen LogP) is 1.87. The van der Waals surface area contributed by atoms with Crippen LogP contribution in [0.3, 0.4) is 0 Å². The summed E-state index contributed by atoms with van der Waals surface area (Å²) in [6.07, 6.45) is 1.01. The highest BCUT2D eigenvalue weighted by atomic mass is 32.2. The molecule has 0 saturated carbocycles. The summed E-state index contributed by atoms with van der Waals surface area (Å²) in [5.74, 6) is 0.840. The van der Waals surface area contributed by atoms with E-state index in [1.807, 2.05) is 24.3 Å². The van der Waals surface area contributed by atoms with Gasteiger partial charge in [-0.1, -0.05) is 48.5 Å². The van der Waals surface area contributed by atoms with Crippen LogP contribution < -0.4 is 10.0 Å². The first kappa shape index (κ1) is 19.4. The highest BCUT2D eigenvalue weighted by molar-refractivity contribution is 7.88. The van der Waals surface area contributed by atoms with E-state index >= 15 is 0 Å². The number of nitrogens with zero attached hydrogens (tertiary/aromatic N) is 2. The second kappa shape index (κ2) is 8.54. The molecule has 1 aliphatic rings. The summed E-state index contributed by atoms with van der Waals surface area (Å²) in [7, 11) is -0.0507. The zero-order valence-electron chi connectivity index (χ0n) is 15.8. The Balaban J connectivity index is 1.64. The van der Waals surface area contributed by atoms with Crippen LogP contribution in [0, 0.1) is 0 Å². The third-order valence-corrected chi connectivity index (χ3v) is 6.09. The molecule has 7 heteroatoms. The van der Waals surface area contributed by atoms with Crippen LogP contribution in [0.2, 0.25) is 0 Å². The first-order valence-corrected chi connectivity index (χ1v) is 10.7. The van der Waals surface area contributed by atoms with E-state index in [-0.39, 0.29) is 5.75 Å². The average Bonchev–Trinajstić information content (AvgIpc) is 2.68. The highest BCUT2D eigenvalue weighted by Gasteiger charge is 2.18. The quantitative estimate of drug-likeness (QED) is 0.608. The van der Waals surface area contributed by atoms with Gasteiger partial charge in [-0.2, -0.15) is 0 Å². The number of benzene rings is 2. The zero-order chi connectivity index (χ0) is 19.3. The number of fused-ring (bicyclic) bond motifs is 1. The third kappa shape index (κ3) is 5.08. The second-order valence-corrected chi connectivity index (χ2v) is 8.55. The van der Waals surface area contributed by atoms with Gasteiger partial charge in [0.25, 0.3) is 0 Å². The Morgan fingerprint density at radius 3 is 2.59 bits per heavy atom. The first-order chi connectivity index (χ1) is 13.0. The van der Waals surface area contributed by atoms with Gasteiger partial charge < -0.3 is 10.2 Å². The van der Waals surface area contributed by atoms with Crippen molar-refractivity contribution >= 4 is 16.0 Å². The molecule has 3 rings (SSSR count). The molecule has 2 aromatic rings. The van der Waals surface area contributed by atoms with Gasteiger partial charge in [-0.25, -0.2) is 13.1 Å². The van der Waals surface area contributed by atoms with Crippen molar-refractivity contribution in [2.45, 2.75) is 25.3 Å². The second-order valence-electron chi connectivity index (χ2n) is 6.62. The molecule has 6 nitrogen and oxygen atoms in total. The van der Waals surface area contributed by atoms with Gasteiger partial charge in [0.15, 0.2) is 5.96 Å². The van der Waals surface area contributed by atoms with Crippen LogP contribution >= 0.6 is 0 Å². The lowest BCUT2D eigenvalue weighted by Gasteiger charge is -2.31. The normalized spacial score (nSPS) is 14.7. The zero-order valence-corrected chi connectivity index (χ0v) is 16.6. The molecule has 0 unspecified atom stereocenters. The molecule has 0 saturated heterocycles. The molecule has 1 heterocycles. The topological polar surface area (TPSA) is 73.8 Å². The first-order valence-electron chi connectivity index (χ1n) is 9.02. The van der Waals surface area contributed by atoms with E-state index in [1.54, 1.807) is 7.05 Å². The largest absolute Gasteiger partial charge is 0.352 e. The fraction of sp³-hybridized carbons (Fsp3) is 0.350. The lowest BCUT2D eigenvalue weighted by molar-refractivity contribution is 0.378. The molecule has 0 spiro atoms.